The van der Waals surface area contributed by atoms with Gasteiger partial charge < -0.3 is 4.74 Å². The van der Waals surface area contributed by atoms with Crippen molar-refractivity contribution in [3.05, 3.63) is 77.0 Å². The highest BCUT2D eigenvalue weighted by Crippen LogP contribution is 2.41. The molecule has 6 heteroatoms. The third kappa shape index (κ3) is 2.59. The molecular formula is C19H13F2NO3. The van der Waals surface area contributed by atoms with Crippen LogP contribution < -0.4 is 4.90 Å². The first-order valence-corrected chi connectivity index (χ1v) is 7.79. The van der Waals surface area contributed by atoms with Crippen molar-refractivity contribution >= 4 is 17.6 Å². The SMILES string of the molecule is O=C1OCC2=C1C(c1ccc(F)cc1)CC(=O)N2c1cccc(F)c1. The van der Waals surface area contributed by atoms with Crippen molar-refractivity contribution in [2.24, 2.45) is 0 Å². The highest BCUT2D eigenvalue weighted by molar-refractivity contribution is 6.06. The zero-order chi connectivity index (χ0) is 17.6. The Morgan fingerprint density at radius 2 is 1.76 bits per heavy atom. The van der Waals surface area contributed by atoms with Gasteiger partial charge in [0.05, 0.1) is 17.0 Å². The summed E-state index contributed by atoms with van der Waals surface area (Å²) < 4.78 is 31.9. The monoisotopic (exact) mass is 341 g/mol. The molecule has 2 aliphatic heterocycles. The molecule has 0 fully saturated rings. The van der Waals surface area contributed by atoms with E-state index in [2.05, 4.69) is 0 Å². The Balaban J connectivity index is 1.83. The van der Waals surface area contributed by atoms with E-state index in [0.717, 1.165) is 0 Å². The molecule has 2 aliphatic rings. The number of rotatable bonds is 2. The van der Waals surface area contributed by atoms with E-state index in [1.165, 1.54) is 35.2 Å². The van der Waals surface area contributed by atoms with Gasteiger partial charge in [-0.25, -0.2) is 13.6 Å². The molecule has 1 unspecified atom stereocenters. The van der Waals surface area contributed by atoms with Crippen molar-refractivity contribution in [1.82, 2.24) is 0 Å². The number of carbonyl (C=O) groups excluding carboxylic acids is 2. The topological polar surface area (TPSA) is 46.6 Å². The average Bonchev–Trinajstić information content (AvgIpc) is 2.96. The number of benzene rings is 2. The van der Waals surface area contributed by atoms with E-state index in [9.17, 15) is 18.4 Å². The number of nitrogens with zero attached hydrogens (tertiary/aromatic N) is 1. The standard InChI is InChI=1S/C19H13F2NO3/c20-12-6-4-11(5-7-12)15-9-17(23)22(14-3-1-2-13(21)8-14)16-10-25-19(24)18(15)16/h1-8,15H,9-10H2. The number of cyclic esters (lactones) is 1. The van der Waals surface area contributed by atoms with E-state index < -0.39 is 23.5 Å². The zero-order valence-corrected chi connectivity index (χ0v) is 13.0. The van der Waals surface area contributed by atoms with E-state index in [4.69, 9.17) is 4.74 Å². The highest BCUT2D eigenvalue weighted by Gasteiger charge is 2.42. The molecule has 0 aromatic heterocycles. The van der Waals surface area contributed by atoms with Crippen molar-refractivity contribution in [2.45, 2.75) is 12.3 Å². The van der Waals surface area contributed by atoms with E-state index in [1.807, 2.05) is 0 Å². The van der Waals surface area contributed by atoms with Gasteiger partial charge in [0.1, 0.15) is 18.2 Å². The lowest BCUT2D eigenvalue weighted by atomic mass is 9.84. The molecule has 126 valence electrons. The lowest BCUT2D eigenvalue weighted by Gasteiger charge is -2.31. The van der Waals surface area contributed by atoms with Crippen LogP contribution in [-0.2, 0) is 14.3 Å². The lowest BCUT2D eigenvalue weighted by Crippen LogP contribution is -2.37. The third-order valence-corrected chi connectivity index (χ3v) is 4.46. The minimum Gasteiger partial charge on any atom is -0.456 e. The molecule has 0 aliphatic carbocycles. The van der Waals surface area contributed by atoms with Crippen LogP contribution in [0.1, 0.15) is 17.9 Å². The Kier molecular flexibility index (Phi) is 3.60. The number of carbonyl (C=O) groups is 2. The predicted octanol–water partition coefficient (Wildman–Crippen LogP) is 3.30. The number of anilines is 1. The third-order valence-electron chi connectivity index (χ3n) is 4.46. The Morgan fingerprint density at radius 1 is 1.00 bits per heavy atom. The Hall–Kier alpha value is -3.02. The summed E-state index contributed by atoms with van der Waals surface area (Å²) in [5.74, 6) is -2.13. The number of hydrogen-bond donors (Lipinski definition) is 0. The molecule has 1 amide bonds. The number of hydrogen-bond acceptors (Lipinski definition) is 3. The Bertz CT molecular complexity index is 905. The van der Waals surface area contributed by atoms with Gasteiger partial charge >= 0.3 is 5.97 Å². The van der Waals surface area contributed by atoms with Crippen LogP contribution in [0.25, 0.3) is 0 Å². The minimum absolute atomic E-state index is 0.0239. The summed E-state index contributed by atoms with van der Waals surface area (Å²) in [5, 5.41) is 0. The van der Waals surface area contributed by atoms with Crippen LogP contribution in [0.4, 0.5) is 14.5 Å². The van der Waals surface area contributed by atoms with Gasteiger partial charge in [-0.15, -0.1) is 0 Å². The Morgan fingerprint density at radius 3 is 2.48 bits per heavy atom. The smallest absolute Gasteiger partial charge is 0.336 e. The molecule has 0 saturated heterocycles. The van der Waals surface area contributed by atoms with Crippen molar-refractivity contribution in [3.8, 4) is 0 Å². The largest absolute Gasteiger partial charge is 0.456 e. The maximum Gasteiger partial charge on any atom is 0.336 e. The van der Waals surface area contributed by atoms with Crippen LogP contribution in [0.2, 0.25) is 0 Å². The normalized spacial score (nSPS) is 19.9. The number of ether oxygens (including phenoxy) is 1. The summed E-state index contributed by atoms with van der Waals surface area (Å²) in [6.45, 7) is -0.0475. The summed E-state index contributed by atoms with van der Waals surface area (Å²) in [7, 11) is 0. The number of esters is 1. The second-order valence-corrected chi connectivity index (χ2v) is 5.95. The molecule has 2 aromatic rings. The van der Waals surface area contributed by atoms with E-state index >= 15 is 0 Å². The van der Waals surface area contributed by atoms with E-state index in [1.54, 1.807) is 18.2 Å². The van der Waals surface area contributed by atoms with Gasteiger partial charge in [0.15, 0.2) is 0 Å². The molecule has 4 nitrogen and oxygen atoms in total. The molecule has 0 N–H and O–H groups in total. The van der Waals surface area contributed by atoms with Crippen LogP contribution in [0.3, 0.4) is 0 Å². The quantitative estimate of drug-likeness (QED) is 0.788. The summed E-state index contributed by atoms with van der Waals surface area (Å²) in [5.41, 5.74) is 1.81. The minimum atomic E-state index is -0.502. The van der Waals surface area contributed by atoms with Gasteiger partial charge in [0, 0.05) is 12.3 Å². The van der Waals surface area contributed by atoms with Gasteiger partial charge in [0.2, 0.25) is 5.91 Å². The molecule has 4 rings (SSSR count). The summed E-state index contributed by atoms with van der Waals surface area (Å²) >= 11 is 0. The van der Waals surface area contributed by atoms with Crippen molar-refractivity contribution in [1.29, 1.82) is 0 Å². The van der Waals surface area contributed by atoms with Crippen LogP contribution >= 0.6 is 0 Å². The van der Waals surface area contributed by atoms with Gasteiger partial charge in [-0.1, -0.05) is 18.2 Å². The van der Waals surface area contributed by atoms with Crippen molar-refractivity contribution < 1.29 is 23.1 Å². The summed E-state index contributed by atoms with van der Waals surface area (Å²) in [6, 6.07) is 11.3. The summed E-state index contributed by atoms with van der Waals surface area (Å²) in [6.07, 6.45) is 0.0239. The van der Waals surface area contributed by atoms with Gasteiger partial charge in [-0.3, -0.25) is 9.69 Å². The van der Waals surface area contributed by atoms with E-state index in [-0.39, 0.29) is 18.9 Å². The fourth-order valence-electron chi connectivity index (χ4n) is 3.35. The second kappa shape index (κ2) is 5.81. The zero-order valence-electron chi connectivity index (χ0n) is 13.0. The second-order valence-electron chi connectivity index (χ2n) is 5.95. The van der Waals surface area contributed by atoms with Crippen molar-refractivity contribution in [2.75, 3.05) is 11.5 Å². The van der Waals surface area contributed by atoms with Crippen LogP contribution in [0, 0.1) is 11.6 Å². The van der Waals surface area contributed by atoms with Crippen LogP contribution in [-0.4, -0.2) is 18.5 Å². The molecule has 2 heterocycles. The van der Waals surface area contributed by atoms with Gasteiger partial charge in [-0.05, 0) is 35.9 Å². The van der Waals surface area contributed by atoms with Gasteiger partial charge in [0.25, 0.3) is 0 Å². The first-order chi connectivity index (χ1) is 12.0. The molecular weight excluding hydrogens is 328 g/mol. The average molecular weight is 341 g/mol. The maximum atomic E-state index is 13.6. The maximum absolute atomic E-state index is 13.6. The molecule has 1 atom stereocenters. The first kappa shape index (κ1) is 15.5. The number of halogens is 2. The Labute approximate surface area is 142 Å². The molecule has 0 bridgehead atoms. The molecule has 2 aromatic carbocycles. The van der Waals surface area contributed by atoms with Crippen LogP contribution in [0.5, 0.6) is 0 Å². The predicted molar refractivity (Wildman–Crippen MR) is 85.6 cm³/mol. The number of amides is 1. The van der Waals surface area contributed by atoms with Crippen LogP contribution in [0.15, 0.2) is 59.8 Å². The van der Waals surface area contributed by atoms with E-state index in [0.29, 0.717) is 22.5 Å². The lowest BCUT2D eigenvalue weighted by molar-refractivity contribution is -0.136. The summed E-state index contributed by atoms with van der Waals surface area (Å²) in [4.78, 5) is 26.3. The fourth-order valence-corrected chi connectivity index (χ4v) is 3.35. The molecule has 0 radical (unpaired) electrons. The molecule has 0 saturated carbocycles. The van der Waals surface area contributed by atoms with Crippen molar-refractivity contribution in [3.63, 3.8) is 0 Å². The molecule has 25 heavy (non-hydrogen) atoms. The fraction of sp³-hybridized carbons (Fsp3) is 0.158. The molecule has 0 spiro atoms. The first-order valence-electron chi connectivity index (χ1n) is 7.79. The highest BCUT2D eigenvalue weighted by atomic mass is 19.1. The van der Waals surface area contributed by atoms with Gasteiger partial charge in [-0.2, -0.15) is 0 Å².